The van der Waals surface area contributed by atoms with Crippen molar-refractivity contribution in [3.63, 3.8) is 0 Å². The number of amides is 1. The monoisotopic (exact) mass is 427 g/mol. The summed E-state index contributed by atoms with van der Waals surface area (Å²) < 4.78 is 32.2. The molecule has 31 heavy (non-hydrogen) atoms. The molecule has 0 aliphatic carbocycles. The zero-order valence-electron chi connectivity index (χ0n) is 16.4. The van der Waals surface area contributed by atoms with E-state index in [0.29, 0.717) is 5.56 Å². The third kappa shape index (κ3) is 4.83. The number of hydrogen-bond donors (Lipinski definition) is 5. The molecule has 2 aromatic carbocycles. The number of halogens is 2. The maximum Gasteiger partial charge on any atom is 0.411 e. The van der Waals surface area contributed by atoms with Gasteiger partial charge in [-0.15, -0.1) is 0 Å². The summed E-state index contributed by atoms with van der Waals surface area (Å²) in [7, 11) is 1.16. The maximum atomic E-state index is 13.9. The first-order valence-corrected chi connectivity index (χ1v) is 8.94. The number of nitrogens with one attached hydrogen (secondary N) is 3. The molecule has 0 aliphatic heterocycles. The molecule has 3 aromatic rings. The Bertz CT molecular complexity index is 1130. The van der Waals surface area contributed by atoms with Crippen LogP contribution in [0.15, 0.2) is 42.5 Å². The third-order valence-electron chi connectivity index (χ3n) is 4.28. The molecule has 1 aromatic heterocycles. The average Bonchev–Trinajstić information content (AvgIpc) is 2.75. The lowest BCUT2D eigenvalue weighted by Crippen LogP contribution is -2.19. The van der Waals surface area contributed by atoms with Crippen LogP contribution in [0.25, 0.3) is 0 Å². The fourth-order valence-electron chi connectivity index (χ4n) is 2.72. The first-order chi connectivity index (χ1) is 14.8. The van der Waals surface area contributed by atoms with Crippen LogP contribution in [-0.4, -0.2) is 28.9 Å². The van der Waals surface area contributed by atoms with Gasteiger partial charge in [-0.2, -0.15) is 0 Å². The van der Waals surface area contributed by atoms with Crippen LogP contribution in [0.5, 0.6) is 0 Å². The average molecular weight is 427 g/mol. The van der Waals surface area contributed by atoms with E-state index in [1.807, 2.05) is 0 Å². The molecule has 0 fully saturated rings. The highest BCUT2D eigenvalue weighted by Crippen LogP contribution is 2.26. The molecule has 0 aliphatic rings. The number of ether oxygens (including phenoxy) is 1. The number of carbonyl (C=O) groups is 1. The second-order valence-corrected chi connectivity index (χ2v) is 6.32. The number of rotatable bonds is 6. The summed E-state index contributed by atoms with van der Waals surface area (Å²) in [4.78, 5) is 19.4. The van der Waals surface area contributed by atoms with Gasteiger partial charge < -0.3 is 21.5 Å². The quantitative estimate of drug-likeness (QED) is 0.379. The first kappa shape index (κ1) is 21.4. The molecule has 11 heteroatoms. The topological polar surface area (TPSA) is 152 Å². The maximum absolute atomic E-state index is 13.9. The molecule has 0 radical (unpaired) electrons. The molecule has 1 heterocycles. The number of benzene rings is 2. The lowest BCUT2D eigenvalue weighted by molar-refractivity contribution is 0.187. The summed E-state index contributed by atoms with van der Waals surface area (Å²) in [6, 6.07) is 9.84. The highest BCUT2D eigenvalue weighted by atomic mass is 19.1. The van der Waals surface area contributed by atoms with Crippen molar-refractivity contribution in [1.82, 2.24) is 9.97 Å². The summed E-state index contributed by atoms with van der Waals surface area (Å²) in [5.41, 5.74) is 12.3. The Labute approximate surface area is 176 Å². The molecule has 1 amide bonds. The smallest absolute Gasteiger partial charge is 0.411 e. The molecular weight excluding hydrogens is 408 g/mol. The Hall–Kier alpha value is -4.28. The van der Waals surface area contributed by atoms with Crippen molar-refractivity contribution in [2.75, 3.05) is 29.2 Å². The predicted octanol–water partition coefficient (Wildman–Crippen LogP) is 3.13. The van der Waals surface area contributed by atoms with Crippen molar-refractivity contribution in [1.29, 1.82) is 5.41 Å². The predicted molar refractivity (Wildman–Crippen MR) is 113 cm³/mol. The van der Waals surface area contributed by atoms with Crippen LogP contribution >= 0.6 is 0 Å². The molecule has 3 rings (SSSR count). The second-order valence-electron chi connectivity index (χ2n) is 6.32. The van der Waals surface area contributed by atoms with Gasteiger partial charge in [-0.3, -0.25) is 10.7 Å². The molecule has 0 saturated carbocycles. The molecule has 0 unspecified atom stereocenters. The Morgan fingerprint density at radius 3 is 2.45 bits per heavy atom. The van der Waals surface area contributed by atoms with Crippen molar-refractivity contribution >= 4 is 34.8 Å². The largest absolute Gasteiger partial charge is 0.453 e. The molecule has 160 valence electrons. The number of aromatic nitrogens is 2. The molecule has 0 spiro atoms. The van der Waals surface area contributed by atoms with Gasteiger partial charge in [0.25, 0.3) is 0 Å². The minimum absolute atomic E-state index is 0.0552. The lowest BCUT2D eigenvalue weighted by Gasteiger charge is -2.15. The normalized spacial score (nSPS) is 10.4. The number of nitrogen functional groups attached to an aromatic ring is 2. The fourth-order valence-corrected chi connectivity index (χ4v) is 2.72. The van der Waals surface area contributed by atoms with Gasteiger partial charge in [-0.05, 0) is 24.3 Å². The van der Waals surface area contributed by atoms with Gasteiger partial charge in [-0.1, -0.05) is 18.2 Å². The summed E-state index contributed by atoms with van der Waals surface area (Å²) in [5, 5.41) is 13.7. The van der Waals surface area contributed by atoms with Crippen molar-refractivity contribution in [2.24, 2.45) is 0 Å². The van der Waals surface area contributed by atoms with E-state index in [4.69, 9.17) is 16.9 Å². The van der Waals surface area contributed by atoms with E-state index in [9.17, 15) is 13.6 Å². The standard InChI is InChI=1S/C20H19F2N7O2/c1-31-20(30)27-16-17(24)28-19(29-18(16)25)15(23)12-7-6-11(21)8-14(12)26-9-10-4-2-3-5-13(10)22/h2-8,23,26H,9H2,1H3,(H,27,30)(H4,24,25,28,29). The minimum Gasteiger partial charge on any atom is -0.453 e. The summed E-state index contributed by atoms with van der Waals surface area (Å²) in [6.45, 7) is 0.0591. The number of methoxy groups -OCH3 is 1. The Morgan fingerprint density at radius 2 is 1.81 bits per heavy atom. The van der Waals surface area contributed by atoms with Gasteiger partial charge in [0, 0.05) is 23.4 Å². The SMILES string of the molecule is COC(=O)Nc1c(N)nc(C(=N)c2ccc(F)cc2NCc2ccccc2F)nc1N. The van der Waals surface area contributed by atoms with E-state index in [2.05, 4.69) is 25.3 Å². The van der Waals surface area contributed by atoms with Gasteiger partial charge in [0.05, 0.1) is 7.11 Å². The van der Waals surface area contributed by atoms with Crippen molar-refractivity contribution < 1.29 is 18.3 Å². The Morgan fingerprint density at radius 1 is 1.13 bits per heavy atom. The summed E-state index contributed by atoms with van der Waals surface area (Å²) >= 11 is 0. The van der Waals surface area contributed by atoms with Crippen LogP contribution in [0.4, 0.5) is 36.6 Å². The van der Waals surface area contributed by atoms with E-state index in [1.165, 1.54) is 18.2 Å². The van der Waals surface area contributed by atoms with Crippen molar-refractivity contribution in [2.45, 2.75) is 6.54 Å². The van der Waals surface area contributed by atoms with E-state index < -0.39 is 17.7 Å². The highest BCUT2D eigenvalue weighted by molar-refractivity contribution is 6.12. The van der Waals surface area contributed by atoms with Gasteiger partial charge >= 0.3 is 6.09 Å². The van der Waals surface area contributed by atoms with Crippen LogP contribution in [-0.2, 0) is 11.3 Å². The van der Waals surface area contributed by atoms with Crippen LogP contribution in [0.2, 0.25) is 0 Å². The number of nitrogens with two attached hydrogens (primary N) is 2. The van der Waals surface area contributed by atoms with Crippen LogP contribution < -0.4 is 22.1 Å². The molecule has 0 atom stereocenters. The van der Waals surface area contributed by atoms with Crippen LogP contribution in [0.3, 0.4) is 0 Å². The van der Waals surface area contributed by atoms with Gasteiger partial charge in [-0.25, -0.2) is 23.5 Å². The minimum atomic E-state index is -0.817. The Kier molecular flexibility index (Phi) is 6.24. The van der Waals surface area contributed by atoms with E-state index in [0.717, 1.165) is 13.2 Å². The molecular formula is C20H19F2N7O2. The first-order valence-electron chi connectivity index (χ1n) is 8.94. The number of hydrogen-bond acceptors (Lipinski definition) is 8. The lowest BCUT2D eigenvalue weighted by atomic mass is 10.1. The molecule has 9 nitrogen and oxygen atoms in total. The fraction of sp³-hybridized carbons (Fsp3) is 0.100. The summed E-state index contributed by atoms with van der Waals surface area (Å²) in [5.74, 6) is -1.47. The van der Waals surface area contributed by atoms with Gasteiger partial charge in [0.2, 0.25) is 0 Å². The Balaban J connectivity index is 1.91. The summed E-state index contributed by atoms with van der Waals surface area (Å²) in [6.07, 6.45) is -0.817. The van der Waals surface area contributed by atoms with E-state index >= 15 is 0 Å². The molecule has 7 N–H and O–H groups in total. The van der Waals surface area contributed by atoms with Gasteiger partial charge in [0.15, 0.2) is 17.5 Å². The van der Waals surface area contributed by atoms with E-state index in [1.54, 1.807) is 18.2 Å². The zero-order valence-corrected chi connectivity index (χ0v) is 16.4. The molecule has 0 bridgehead atoms. The molecule has 0 saturated heterocycles. The highest BCUT2D eigenvalue weighted by Gasteiger charge is 2.19. The van der Waals surface area contributed by atoms with Crippen LogP contribution in [0, 0.1) is 17.0 Å². The van der Waals surface area contributed by atoms with E-state index in [-0.39, 0.29) is 46.7 Å². The second kappa shape index (κ2) is 9.03. The van der Waals surface area contributed by atoms with Crippen molar-refractivity contribution in [3.05, 3.63) is 71.1 Å². The number of carbonyl (C=O) groups excluding carboxylic acids is 1. The van der Waals surface area contributed by atoms with Crippen LogP contribution in [0.1, 0.15) is 17.0 Å². The van der Waals surface area contributed by atoms with Gasteiger partial charge in [0.1, 0.15) is 23.0 Å². The zero-order chi connectivity index (χ0) is 22.5. The number of nitrogens with zero attached hydrogens (tertiary/aromatic N) is 2. The third-order valence-corrected chi connectivity index (χ3v) is 4.28. The van der Waals surface area contributed by atoms with Crippen molar-refractivity contribution in [3.8, 4) is 0 Å². The number of anilines is 4.